The summed E-state index contributed by atoms with van der Waals surface area (Å²) in [6.45, 7) is 0.366. The molecule has 0 N–H and O–H groups in total. The second-order valence-corrected chi connectivity index (χ2v) is 5.41. The molecule has 0 saturated heterocycles. The summed E-state index contributed by atoms with van der Waals surface area (Å²) in [5, 5.41) is 12.6. The largest absolute Gasteiger partial charge is 0.414 e. The topological polar surface area (TPSA) is 69.6 Å². The van der Waals surface area contributed by atoms with Gasteiger partial charge in [0, 0.05) is 10.8 Å². The number of hydrogen-bond acceptors (Lipinski definition) is 6. The van der Waals surface area contributed by atoms with Crippen molar-refractivity contribution < 1.29 is 8.81 Å². The molecular formula is C12H9ClFN5OS. The Morgan fingerprint density at radius 2 is 2.24 bits per heavy atom. The van der Waals surface area contributed by atoms with Crippen molar-refractivity contribution in [3.05, 3.63) is 53.1 Å². The van der Waals surface area contributed by atoms with Gasteiger partial charge in [0.25, 0.3) is 5.22 Å². The lowest BCUT2D eigenvalue weighted by atomic mass is 10.2. The molecule has 0 fully saturated rings. The Bertz CT molecular complexity index is 733. The van der Waals surface area contributed by atoms with Crippen LogP contribution in [-0.4, -0.2) is 25.0 Å². The second-order valence-electron chi connectivity index (χ2n) is 4.08. The summed E-state index contributed by atoms with van der Waals surface area (Å²) in [5.41, 5.74) is 0.805. The Balaban J connectivity index is 1.62. The van der Waals surface area contributed by atoms with E-state index in [4.69, 9.17) is 16.0 Å². The maximum atomic E-state index is 12.9. The Labute approximate surface area is 128 Å². The predicted octanol–water partition coefficient (Wildman–Crippen LogP) is 2.79. The van der Waals surface area contributed by atoms with Crippen LogP contribution in [0.15, 0.2) is 40.5 Å². The lowest BCUT2D eigenvalue weighted by Gasteiger charge is -2.01. The molecule has 21 heavy (non-hydrogen) atoms. The fourth-order valence-corrected chi connectivity index (χ4v) is 2.69. The number of halogens is 2. The molecule has 0 aliphatic heterocycles. The predicted molar refractivity (Wildman–Crippen MR) is 74.4 cm³/mol. The minimum absolute atomic E-state index is 0.360. The molecule has 3 aromatic rings. The van der Waals surface area contributed by atoms with Crippen LogP contribution in [0.1, 0.15) is 11.5 Å². The molecule has 0 atom stereocenters. The summed E-state index contributed by atoms with van der Waals surface area (Å²) in [7, 11) is 0. The Hall–Kier alpha value is -1.93. The van der Waals surface area contributed by atoms with E-state index >= 15 is 0 Å². The normalized spacial score (nSPS) is 11.0. The molecule has 0 saturated carbocycles. The molecule has 1 aromatic carbocycles. The van der Waals surface area contributed by atoms with E-state index in [-0.39, 0.29) is 5.82 Å². The lowest BCUT2D eigenvalue weighted by molar-refractivity contribution is 0.397. The number of hydrogen-bond donors (Lipinski definition) is 0. The maximum Gasteiger partial charge on any atom is 0.276 e. The van der Waals surface area contributed by atoms with E-state index in [0.717, 1.165) is 5.56 Å². The summed E-state index contributed by atoms with van der Waals surface area (Å²) in [5.74, 6) is 0.597. The van der Waals surface area contributed by atoms with Gasteiger partial charge in [-0.15, -0.1) is 10.2 Å². The first kappa shape index (κ1) is 14.0. The maximum absolute atomic E-state index is 12.9. The summed E-state index contributed by atoms with van der Waals surface area (Å²) in [4.78, 5) is 3.83. The van der Waals surface area contributed by atoms with Crippen LogP contribution in [0, 0.1) is 5.82 Å². The molecule has 0 aliphatic rings. The van der Waals surface area contributed by atoms with Crippen LogP contribution in [-0.2, 0) is 12.3 Å². The highest BCUT2D eigenvalue weighted by molar-refractivity contribution is 7.98. The molecule has 3 rings (SSSR count). The first-order valence-corrected chi connectivity index (χ1v) is 7.28. The number of rotatable bonds is 5. The molecule has 108 valence electrons. The third-order valence-corrected chi connectivity index (χ3v) is 3.80. The van der Waals surface area contributed by atoms with E-state index in [1.165, 1.54) is 30.2 Å². The highest BCUT2D eigenvalue weighted by Gasteiger charge is 2.09. The number of thioether (sulfide) groups is 1. The van der Waals surface area contributed by atoms with Gasteiger partial charge >= 0.3 is 0 Å². The van der Waals surface area contributed by atoms with Crippen molar-refractivity contribution in [2.45, 2.75) is 17.5 Å². The van der Waals surface area contributed by atoms with Gasteiger partial charge in [-0.3, -0.25) is 0 Å². The van der Waals surface area contributed by atoms with Crippen LogP contribution in [0.25, 0.3) is 0 Å². The third-order valence-electron chi connectivity index (χ3n) is 2.58. The van der Waals surface area contributed by atoms with Gasteiger partial charge < -0.3 is 4.42 Å². The zero-order chi connectivity index (χ0) is 14.7. The second kappa shape index (κ2) is 6.23. The highest BCUT2D eigenvalue weighted by atomic mass is 35.5. The van der Waals surface area contributed by atoms with Gasteiger partial charge in [-0.05, 0) is 17.7 Å². The zero-order valence-corrected chi connectivity index (χ0v) is 12.2. The van der Waals surface area contributed by atoms with Crippen LogP contribution in [0.3, 0.4) is 0 Å². The van der Waals surface area contributed by atoms with Crippen molar-refractivity contribution >= 4 is 23.4 Å². The SMILES string of the molecule is Fc1ccc(CSc2nnc(Cn3cncn3)o2)c(Cl)c1. The smallest absolute Gasteiger partial charge is 0.276 e. The molecule has 0 radical (unpaired) electrons. The molecule has 6 nitrogen and oxygen atoms in total. The minimum Gasteiger partial charge on any atom is -0.414 e. The van der Waals surface area contributed by atoms with Crippen molar-refractivity contribution in [1.82, 2.24) is 25.0 Å². The van der Waals surface area contributed by atoms with Crippen molar-refractivity contribution in [2.24, 2.45) is 0 Å². The minimum atomic E-state index is -0.360. The Morgan fingerprint density at radius 1 is 1.33 bits per heavy atom. The standard InChI is InChI=1S/C12H9ClFN5OS/c13-10-3-9(14)2-1-8(10)5-21-12-18-17-11(20-12)4-19-7-15-6-16-19/h1-3,6-7H,4-5H2. The van der Waals surface area contributed by atoms with Gasteiger partial charge in [-0.1, -0.05) is 29.4 Å². The monoisotopic (exact) mass is 325 g/mol. The van der Waals surface area contributed by atoms with Gasteiger partial charge in [0.1, 0.15) is 25.0 Å². The van der Waals surface area contributed by atoms with E-state index in [2.05, 4.69) is 20.3 Å². The third kappa shape index (κ3) is 3.59. The van der Waals surface area contributed by atoms with Crippen LogP contribution in [0.5, 0.6) is 0 Å². The van der Waals surface area contributed by atoms with E-state index in [1.807, 2.05) is 0 Å². The summed E-state index contributed by atoms with van der Waals surface area (Å²) < 4.78 is 20.0. The van der Waals surface area contributed by atoms with E-state index in [9.17, 15) is 4.39 Å². The van der Waals surface area contributed by atoms with Crippen LogP contribution >= 0.6 is 23.4 Å². The van der Waals surface area contributed by atoms with Crippen molar-refractivity contribution in [3.8, 4) is 0 Å². The zero-order valence-electron chi connectivity index (χ0n) is 10.6. The fourth-order valence-electron chi connectivity index (χ4n) is 1.59. The molecular weight excluding hydrogens is 317 g/mol. The quantitative estimate of drug-likeness (QED) is 0.672. The lowest BCUT2D eigenvalue weighted by Crippen LogP contribution is -1.99. The van der Waals surface area contributed by atoms with Crippen molar-refractivity contribution in [1.29, 1.82) is 0 Å². The molecule has 2 aromatic heterocycles. The van der Waals surface area contributed by atoms with Crippen LogP contribution < -0.4 is 0 Å². The van der Waals surface area contributed by atoms with E-state index in [0.29, 0.717) is 28.4 Å². The van der Waals surface area contributed by atoms with Gasteiger partial charge in [0.15, 0.2) is 0 Å². The summed E-state index contributed by atoms with van der Waals surface area (Å²) in [6.07, 6.45) is 3.00. The first-order chi connectivity index (χ1) is 10.2. The van der Waals surface area contributed by atoms with E-state index < -0.39 is 0 Å². The van der Waals surface area contributed by atoms with Crippen LogP contribution in [0.4, 0.5) is 4.39 Å². The average molecular weight is 326 g/mol. The molecule has 9 heteroatoms. The molecule has 0 amide bonds. The van der Waals surface area contributed by atoms with Crippen molar-refractivity contribution in [2.75, 3.05) is 0 Å². The Morgan fingerprint density at radius 3 is 3.00 bits per heavy atom. The van der Waals surface area contributed by atoms with E-state index in [1.54, 1.807) is 17.1 Å². The molecule has 0 unspecified atom stereocenters. The summed E-state index contributed by atoms with van der Waals surface area (Å²) >= 11 is 7.29. The molecule has 0 spiro atoms. The Kier molecular flexibility index (Phi) is 4.16. The van der Waals surface area contributed by atoms with Gasteiger partial charge in [0.2, 0.25) is 5.89 Å². The molecule has 2 heterocycles. The average Bonchev–Trinajstić information content (AvgIpc) is 3.10. The molecule has 0 aliphatic carbocycles. The summed E-state index contributed by atoms with van der Waals surface area (Å²) in [6, 6.07) is 4.28. The number of nitrogens with zero attached hydrogens (tertiary/aromatic N) is 5. The van der Waals surface area contributed by atoms with Crippen molar-refractivity contribution in [3.63, 3.8) is 0 Å². The van der Waals surface area contributed by atoms with Crippen LogP contribution in [0.2, 0.25) is 5.02 Å². The number of aromatic nitrogens is 5. The van der Waals surface area contributed by atoms with Gasteiger partial charge in [0.05, 0.1) is 0 Å². The molecule has 0 bridgehead atoms. The number of benzene rings is 1. The fraction of sp³-hybridized carbons (Fsp3) is 0.167. The first-order valence-electron chi connectivity index (χ1n) is 5.92. The van der Waals surface area contributed by atoms with Gasteiger partial charge in [-0.2, -0.15) is 5.10 Å². The van der Waals surface area contributed by atoms with Gasteiger partial charge in [-0.25, -0.2) is 14.1 Å². The highest BCUT2D eigenvalue weighted by Crippen LogP contribution is 2.26.